The Balaban J connectivity index is 1.39. The lowest BCUT2D eigenvalue weighted by Crippen LogP contribution is -2.16. The van der Waals surface area contributed by atoms with Gasteiger partial charge in [0.25, 0.3) is 0 Å². The fourth-order valence-electron chi connectivity index (χ4n) is 10.7. The number of nitrogens with zero attached hydrogens (tertiary/aromatic N) is 2. The Hall–Kier alpha value is -6.26. The first kappa shape index (κ1) is 40.5. The Labute approximate surface area is 377 Å². The van der Waals surface area contributed by atoms with Gasteiger partial charge in [-0.1, -0.05) is 156 Å². The van der Waals surface area contributed by atoms with E-state index in [4.69, 9.17) is 9.47 Å². The van der Waals surface area contributed by atoms with Crippen molar-refractivity contribution in [2.45, 2.75) is 105 Å². The van der Waals surface area contributed by atoms with Gasteiger partial charge in [-0.3, -0.25) is 0 Å². The van der Waals surface area contributed by atoms with Crippen LogP contribution in [-0.2, 0) is 21.7 Å². The molecule has 0 amide bonds. The third-order valence-corrected chi connectivity index (χ3v) is 14.3. The maximum Gasteiger partial charge on any atom is 0.120 e. The first-order chi connectivity index (χ1) is 30.2. The summed E-state index contributed by atoms with van der Waals surface area (Å²) in [7, 11) is 3.55. The summed E-state index contributed by atoms with van der Waals surface area (Å²) in [4.78, 5) is 0. The van der Waals surface area contributed by atoms with E-state index in [0.29, 0.717) is 0 Å². The molecule has 0 aliphatic carbocycles. The lowest BCUT2D eigenvalue weighted by atomic mass is 9.78. The lowest BCUT2D eigenvalue weighted by molar-refractivity contribution is 0.415. The smallest absolute Gasteiger partial charge is 0.120 e. The van der Waals surface area contributed by atoms with Gasteiger partial charge in [0.1, 0.15) is 11.5 Å². The zero-order valence-electron chi connectivity index (χ0n) is 40.1. The Kier molecular flexibility index (Phi) is 8.33. The molecule has 0 atom stereocenters. The van der Waals surface area contributed by atoms with Crippen LogP contribution < -0.4 is 9.47 Å². The van der Waals surface area contributed by atoms with Gasteiger partial charge in [0, 0.05) is 66.3 Å². The fraction of sp³-hybridized carbons (Fsp3) is 0.300. The summed E-state index contributed by atoms with van der Waals surface area (Å²) in [6.45, 7) is 27.9. The van der Waals surface area contributed by atoms with E-state index >= 15 is 0 Å². The van der Waals surface area contributed by atoms with E-state index in [1.807, 2.05) is 0 Å². The largest absolute Gasteiger partial charge is 0.497 e. The van der Waals surface area contributed by atoms with Crippen molar-refractivity contribution in [3.8, 4) is 33.8 Å². The molecule has 322 valence electrons. The standard InChI is InChI=1S/C60H60N2O2/c1-57(2,3)35-25-33(26-36(29-35)58(4,5)6)41-17-15-19-45-51-49-44-24-22-40(64-14)32-48(44)62-54-42(34-27-37(59(7,8)9)30-38(28-34)60(10,11)12)18-16-20-46(54)52(56(49)62)50-43-23-21-39(63-13)31-47(43)61(53(41)45)55(50)51/h15-32H,1-14H3. The predicted molar refractivity (Wildman–Crippen MR) is 275 cm³/mol. The predicted octanol–water partition coefficient (Wildman–Crippen LogP) is 16.5. The minimum Gasteiger partial charge on any atom is -0.497 e. The maximum atomic E-state index is 6.01. The quantitative estimate of drug-likeness (QED) is 0.177. The normalized spacial score (nSPS) is 13.5. The summed E-state index contributed by atoms with van der Waals surface area (Å²) in [5, 5.41) is 10.1. The molecule has 0 saturated carbocycles. The number of hydrogen-bond donors (Lipinski definition) is 0. The van der Waals surface area contributed by atoms with Gasteiger partial charge in [-0.05, 0) is 79.3 Å². The average Bonchev–Trinajstić information content (AvgIpc) is 3.97. The molecule has 0 radical (unpaired) electrons. The molecule has 0 fully saturated rings. The van der Waals surface area contributed by atoms with E-state index in [-0.39, 0.29) is 21.7 Å². The molecule has 0 aliphatic heterocycles. The van der Waals surface area contributed by atoms with Gasteiger partial charge in [0.15, 0.2) is 0 Å². The van der Waals surface area contributed by atoms with Gasteiger partial charge in [-0.15, -0.1) is 0 Å². The average molecular weight is 841 g/mol. The van der Waals surface area contributed by atoms with Crippen molar-refractivity contribution in [1.29, 1.82) is 0 Å². The molecule has 4 nitrogen and oxygen atoms in total. The number of ether oxygens (including phenoxy) is 2. The Morgan fingerprint density at radius 3 is 0.984 bits per heavy atom. The van der Waals surface area contributed by atoms with Gasteiger partial charge < -0.3 is 18.3 Å². The van der Waals surface area contributed by atoms with Gasteiger partial charge in [0.2, 0.25) is 0 Å². The summed E-state index contributed by atoms with van der Waals surface area (Å²) in [5.74, 6) is 1.70. The van der Waals surface area contributed by atoms with E-state index in [0.717, 1.165) is 22.5 Å². The lowest BCUT2D eigenvalue weighted by Gasteiger charge is -2.26. The van der Waals surface area contributed by atoms with Crippen LogP contribution in [0.1, 0.15) is 105 Å². The van der Waals surface area contributed by atoms with Crippen LogP contribution in [0.2, 0.25) is 0 Å². The fourth-order valence-corrected chi connectivity index (χ4v) is 10.7. The van der Waals surface area contributed by atoms with Crippen molar-refractivity contribution in [3.05, 3.63) is 131 Å². The molecule has 64 heavy (non-hydrogen) atoms. The zero-order valence-corrected chi connectivity index (χ0v) is 40.1. The van der Waals surface area contributed by atoms with Crippen LogP contribution in [-0.4, -0.2) is 23.0 Å². The molecular weight excluding hydrogens is 781 g/mol. The van der Waals surface area contributed by atoms with E-state index in [9.17, 15) is 0 Å². The highest BCUT2D eigenvalue weighted by Crippen LogP contribution is 2.54. The maximum absolute atomic E-state index is 6.01. The molecule has 0 bridgehead atoms. The van der Waals surface area contributed by atoms with Crippen LogP contribution in [0.15, 0.2) is 109 Å². The highest BCUT2D eigenvalue weighted by molar-refractivity contribution is 6.46. The summed E-state index contributed by atoms with van der Waals surface area (Å²) in [5.41, 5.74) is 17.6. The van der Waals surface area contributed by atoms with E-state index in [2.05, 4.69) is 201 Å². The molecule has 0 aliphatic rings. The minimum absolute atomic E-state index is 0.0206. The van der Waals surface area contributed by atoms with Gasteiger partial charge >= 0.3 is 0 Å². The van der Waals surface area contributed by atoms with Crippen molar-refractivity contribution >= 4 is 76.2 Å². The van der Waals surface area contributed by atoms with E-state index < -0.39 is 0 Å². The number of aromatic nitrogens is 2. The highest BCUT2D eigenvalue weighted by atomic mass is 16.5. The molecule has 7 aromatic carbocycles. The summed E-state index contributed by atoms with van der Waals surface area (Å²) in [6.07, 6.45) is 0. The van der Waals surface area contributed by atoms with Gasteiger partial charge in [-0.2, -0.15) is 0 Å². The molecule has 0 saturated heterocycles. The topological polar surface area (TPSA) is 27.3 Å². The molecule has 4 aromatic heterocycles. The van der Waals surface area contributed by atoms with E-state index in [1.54, 1.807) is 14.2 Å². The van der Waals surface area contributed by atoms with Crippen molar-refractivity contribution in [1.82, 2.24) is 8.80 Å². The number of para-hydroxylation sites is 2. The number of methoxy groups -OCH3 is 2. The number of hydrogen-bond acceptors (Lipinski definition) is 2. The molecular formula is C60H60N2O2. The zero-order chi connectivity index (χ0) is 45.2. The van der Waals surface area contributed by atoms with Gasteiger partial charge in [0.05, 0.1) is 47.3 Å². The monoisotopic (exact) mass is 840 g/mol. The van der Waals surface area contributed by atoms with Crippen molar-refractivity contribution in [3.63, 3.8) is 0 Å². The molecule has 0 spiro atoms. The van der Waals surface area contributed by atoms with Crippen LogP contribution >= 0.6 is 0 Å². The van der Waals surface area contributed by atoms with Gasteiger partial charge in [-0.25, -0.2) is 0 Å². The van der Waals surface area contributed by atoms with E-state index in [1.165, 1.54) is 110 Å². The van der Waals surface area contributed by atoms with Crippen LogP contribution in [0.25, 0.3) is 98.4 Å². The molecule has 0 unspecified atom stereocenters. The SMILES string of the molecule is COc1ccc2c3c4c5cccc(-c6cc(C(C)(C)C)cc(C(C)(C)C)c6)c5n5c6cc(OC)ccc6c(c6c7cccc(-c8cc(C(C)(C)C)cc(C(C)(C)C)c8)c7n(c2c1)c36)c45. The first-order valence-corrected chi connectivity index (χ1v) is 23.0. The number of fused-ring (bicyclic) bond motifs is 14. The van der Waals surface area contributed by atoms with Crippen molar-refractivity contribution in [2.24, 2.45) is 0 Å². The summed E-state index contributed by atoms with van der Waals surface area (Å²) < 4.78 is 17.2. The number of benzene rings is 7. The molecule has 4 heterocycles. The second-order valence-electron chi connectivity index (χ2n) is 22.6. The number of rotatable bonds is 4. The Morgan fingerprint density at radius 2 is 0.672 bits per heavy atom. The van der Waals surface area contributed by atoms with Crippen molar-refractivity contribution < 1.29 is 9.47 Å². The third-order valence-electron chi connectivity index (χ3n) is 14.3. The summed E-state index contributed by atoms with van der Waals surface area (Å²) in [6, 6.07) is 42.0. The molecule has 11 rings (SSSR count). The highest BCUT2D eigenvalue weighted by Gasteiger charge is 2.32. The Bertz CT molecular complexity index is 3400. The first-order valence-electron chi connectivity index (χ1n) is 23.0. The summed E-state index contributed by atoms with van der Waals surface area (Å²) >= 11 is 0. The molecule has 4 heteroatoms. The van der Waals surface area contributed by atoms with Crippen molar-refractivity contribution in [2.75, 3.05) is 14.2 Å². The second-order valence-corrected chi connectivity index (χ2v) is 22.6. The minimum atomic E-state index is -0.0206. The second kappa shape index (κ2) is 13.2. The van der Waals surface area contributed by atoms with Crippen LogP contribution in [0, 0.1) is 0 Å². The van der Waals surface area contributed by atoms with Crippen LogP contribution in [0.4, 0.5) is 0 Å². The van der Waals surface area contributed by atoms with Crippen LogP contribution in [0.5, 0.6) is 11.5 Å². The van der Waals surface area contributed by atoms with Crippen LogP contribution in [0.3, 0.4) is 0 Å². The Morgan fingerprint density at radius 1 is 0.344 bits per heavy atom. The molecule has 0 N–H and O–H groups in total. The molecule has 11 aromatic rings. The third kappa shape index (κ3) is 5.66.